The van der Waals surface area contributed by atoms with E-state index >= 15 is 0 Å². The highest BCUT2D eigenvalue weighted by atomic mass is 16.6. The lowest BCUT2D eigenvalue weighted by Crippen LogP contribution is -2.30. The molecule has 0 saturated carbocycles. The molecule has 1 unspecified atom stereocenters. The summed E-state index contributed by atoms with van der Waals surface area (Å²) in [5.41, 5.74) is 0. The summed E-state index contributed by atoms with van der Waals surface area (Å²) in [7, 11) is 0. The molecule has 0 aromatic carbocycles. The van der Waals surface area contributed by atoms with E-state index in [2.05, 4.69) is 179 Å². The van der Waals surface area contributed by atoms with Gasteiger partial charge in [0.05, 0.1) is 0 Å². The first kappa shape index (κ1) is 69.0. The third kappa shape index (κ3) is 57.9. The van der Waals surface area contributed by atoms with Crippen LogP contribution < -0.4 is 0 Å². The molecule has 0 rings (SSSR count). The van der Waals surface area contributed by atoms with Crippen LogP contribution in [0.4, 0.5) is 0 Å². The lowest BCUT2D eigenvalue weighted by Gasteiger charge is -2.18. The minimum atomic E-state index is -0.820. The van der Waals surface area contributed by atoms with Crippen LogP contribution in [-0.4, -0.2) is 37.2 Å². The van der Waals surface area contributed by atoms with Crippen LogP contribution in [0.15, 0.2) is 158 Å². The fourth-order valence-corrected chi connectivity index (χ4v) is 7.37. The molecular formula is C68H106O6. The molecule has 0 aliphatic heterocycles. The molecule has 0 bridgehead atoms. The number of hydrogen-bond acceptors (Lipinski definition) is 6. The normalized spacial score (nSPS) is 13.3. The maximum Gasteiger partial charge on any atom is 0.306 e. The van der Waals surface area contributed by atoms with Gasteiger partial charge in [0.25, 0.3) is 0 Å². The Bertz CT molecular complexity index is 1690. The van der Waals surface area contributed by atoms with Crippen LogP contribution in [-0.2, 0) is 28.6 Å². The number of carbonyl (C=O) groups is 3. The molecule has 74 heavy (non-hydrogen) atoms. The van der Waals surface area contributed by atoms with E-state index in [1.165, 1.54) is 19.3 Å². The van der Waals surface area contributed by atoms with Crippen LogP contribution >= 0.6 is 0 Å². The fraction of sp³-hybridized carbons (Fsp3) is 0.574. The zero-order valence-electron chi connectivity index (χ0n) is 47.3. The summed E-state index contributed by atoms with van der Waals surface area (Å²) < 4.78 is 16.8. The minimum absolute atomic E-state index is 0.113. The average molecular weight is 1020 g/mol. The number of esters is 3. The van der Waals surface area contributed by atoms with Crippen molar-refractivity contribution in [2.24, 2.45) is 0 Å². The van der Waals surface area contributed by atoms with Crippen LogP contribution in [0.25, 0.3) is 0 Å². The second-order valence-corrected chi connectivity index (χ2v) is 18.8. The summed E-state index contributed by atoms with van der Waals surface area (Å²) in [5.74, 6) is -0.992. The SMILES string of the molecule is CC/C=C\C/C=C\C/C=C\C/C=C\C/C=C\C/C=C\C/C=C\CCCCCC(=O)OCC(COC(=O)CCCCCCC/C=C\C/C=C\CCCC)OC(=O)CCCCCC/C=C\C/C=C\C/C=C\C/C=C\CC. The number of rotatable bonds is 51. The monoisotopic (exact) mass is 1020 g/mol. The van der Waals surface area contributed by atoms with Crippen molar-refractivity contribution in [2.75, 3.05) is 13.2 Å². The zero-order chi connectivity index (χ0) is 53.6. The van der Waals surface area contributed by atoms with Crippen molar-refractivity contribution in [3.8, 4) is 0 Å². The summed E-state index contributed by atoms with van der Waals surface area (Å²) >= 11 is 0. The Hall–Kier alpha value is -4.97. The van der Waals surface area contributed by atoms with E-state index in [9.17, 15) is 14.4 Å². The summed E-state index contributed by atoms with van der Waals surface area (Å²) in [4.78, 5) is 38.2. The van der Waals surface area contributed by atoms with Gasteiger partial charge in [-0.05, 0) is 141 Å². The fourth-order valence-electron chi connectivity index (χ4n) is 7.37. The maximum atomic E-state index is 12.9. The molecule has 0 heterocycles. The van der Waals surface area contributed by atoms with Crippen molar-refractivity contribution in [3.63, 3.8) is 0 Å². The van der Waals surface area contributed by atoms with E-state index < -0.39 is 6.10 Å². The van der Waals surface area contributed by atoms with Crippen LogP contribution in [0, 0.1) is 0 Å². The van der Waals surface area contributed by atoms with Gasteiger partial charge in [-0.2, -0.15) is 0 Å². The third-order valence-corrected chi connectivity index (χ3v) is 11.7. The van der Waals surface area contributed by atoms with Crippen molar-refractivity contribution in [1.82, 2.24) is 0 Å². The molecule has 0 aromatic heterocycles. The highest BCUT2D eigenvalue weighted by molar-refractivity contribution is 5.71. The van der Waals surface area contributed by atoms with Crippen LogP contribution in [0.1, 0.15) is 233 Å². The Balaban J connectivity index is 4.51. The molecule has 0 aromatic rings. The molecule has 414 valence electrons. The first-order chi connectivity index (χ1) is 36.5. The predicted octanol–water partition coefficient (Wildman–Crippen LogP) is 20.1. The molecule has 0 amide bonds. The minimum Gasteiger partial charge on any atom is -0.462 e. The van der Waals surface area contributed by atoms with Gasteiger partial charge in [-0.15, -0.1) is 0 Å². The van der Waals surface area contributed by atoms with Crippen LogP contribution in [0.5, 0.6) is 0 Å². The Morgan fingerprint density at radius 3 is 0.838 bits per heavy atom. The van der Waals surface area contributed by atoms with E-state index in [-0.39, 0.29) is 37.5 Å². The van der Waals surface area contributed by atoms with Gasteiger partial charge in [0.2, 0.25) is 0 Å². The lowest BCUT2D eigenvalue weighted by atomic mass is 10.1. The van der Waals surface area contributed by atoms with E-state index in [1.54, 1.807) is 0 Å². The topological polar surface area (TPSA) is 78.9 Å². The van der Waals surface area contributed by atoms with Crippen molar-refractivity contribution in [2.45, 2.75) is 239 Å². The van der Waals surface area contributed by atoms with Crippen LogP contribution in [0.3, 0.4) is 0 Å². The first-order valence-corrected chi connectivity index (χ1v) is 29.5. The van der Waals surface area contributed by atoms with Gasteiger partial charge in [0.1, 0.15) is 13.2 Å². The zero-order valence-corrected chi connectivity index (χ0v) is 47.3. The Kier molecular flexibility index (Phi) is 56.5. The van der Waals surface area contributed by atoms with Gasteiger partial charge in [0, 0.05) is 19.3 Å². The van der Waals surface area contributed by atoms with E-state index in [4.69, 9.17) is 14.2 Å². The Morgan fingerprint density at radius 2 is 0.527 bits per heavy atom. The quantitative estimate of drug-likeness (QED) is 0.0261. The molecular weight excluding hydrogens is 913 g/mol. The predicted molar refractivity (Wildman–Crippen MR) is 320 cm³/mol. The summed E-state index contributed by atoms with van der Waals surface area (Å²) in [6.45, 7) is 6.29. The molecule has 6 heteroatoms. The summed E-state index contributed by atoms with van der Waals surface area (Å²) in [5, 5.41) is 0. The summed E-state index contributed by atoms with van der Waals surface area (Å²) in [6, 6.07) is 0. The standard InChI is InChI=1S/C68H106O6/c1-4-7-10-13-16-19-22-25-28-30-31-32-33-34-35-36-37-39-40-43-46-49-52-55-58-61-67(70)73-64-65(63-72-66(69)60-57-54-51-48-45-42-27-24-21-18-15-12-9-6-3)74-68(71)62-59-56-53-50-47-44-41-38-29-26-23-20-17-14-11-8-5-2/h7-8,10-11,15-20,24-29,31-32,34-35,37,39,41,43-44,46,65H,4-6,9,12-14,21-23,30,33,36,38,40,42,45,47-64H2,1-3H3/b10-7-,11-8-,18-15-,19-16-,20-17-,27-24-,28-25-,29-26-,32-31-,35-34-,39-37-,44-41-,46-43-. The van der Waals surface area contributed by atoms with E-state index in [1.807, 2.05) is 0 Å². The highest BCUT2D eigenvalue weighted by Gasteiger charge is 2.19. The van der Waals surface area contributed by atoms with Crippen LogP contribution in [0.2, 0.25) is 0 Å². The molecule has 0 radical (unpaired) electrons. The molecule has 0 aliphatic carbocycles. The highest BCUT2D eigenvalue weighted by Crippen LogP contribution is 2.12. The van der Waals surface area contributed by atoms with E-state index in [0.29, 0.717) is 12.8 Å². The van der Waals surface area contributed by atoms with Crippen molar-refractivity contribution in [3.05, 3.63) is 158 Å². The number of allylic oxidation sites excluding steroid dienone is 26. The number of ether oxygens (including phenoxy) is 3. The Morgan fingerprint density at radius 1 is 0.284 bits per heavy atom. The van der Waals surface area contributed by atoms with Crippen molar-refractivity contribution in [1.29, 1.82) is 0 Å². The second kappa shape index (κ2) is 60.6. The Labute approximate surface area is 454 Å². The molecule has 0 fully saturated rings. The smallest absolute Gasteiger partial charge is 0.306 e. The molecule has 0 saturated heterocycles. The molecule has 6 nitrogen and oxygen atoms in total. The van der Waals surface area contributed by atoms with Crippen molar-refractivity contribution >= 4 is 17.9 Å². The van der Waals surface area contributed by atoms with Gasteiger partial charge in [-0.3, -0.25) is 14.4 Å². The maximum absolute atomic E-state index is 12.9. The molecule has 1 atom stereocenters. The van der Waals surface area contributed by atoms with Gasteiger partial charge in [0.15, 0.2) is 6.10 Å². The molecule has 0 aliphatic rings. The summed E-state index contributed by atoms with van der Waals surface area (Å²) in [6.07, 6.45) is 88.0. The van der Waals surface area contributed by atoms with E-state index in [0.717, 1.165) is 173 Å². The lowest BCUT2D eigenvalue weighted by molar-refractivity contribution is -0.167. The van der Waals surface area contributed by atoms with Gasteiger partial charge < -0.3 is 14.2 Å². The third-order valence-electron chi connectivity index (χ3n) is 11.7. The largest absolute Gasteiger partial charge is 0.462 e. The molecule has 0 spiro atoms. The molecule has 0 N–H and O–H groups in total. The number of carbonyl (C=O) groups excluding carboxylic acids is 3. The van der Waals surface area contributed by atoms with Crippen molar-refractivity contribution < 1.29 is 28.6 Å². The second-order valence-electron chi connectivity index (χ2n) is 18.8. The van der Waals surface area contributed by atoms with Gasteiger partial charge in [-0.25, -0.2) is 0 Å². The number of hydrogen-bond donors (Lipinski definition) is 0. The first-order valence-electron chi connectivity index (χ1n) is 29.5. The van der Waals surface area contributed by atoms with Gasteiger partial charge in [-0.1, -0.05) is 230 Å². The average Bonchev–Trinajstić information content (AvgIpc) is 3.40. The number of unbranched alkanes of at least 4 members (excludes halogenated alkanes) is 14. The van der Waals surface area contributed by atoms with Gasteiger partial charge >= 0.3 is 17.9 Å².